The molecule has 2 heterocycles. The molecule has 0 radical (unpaired) electrons. The molecule has 2 aliphatic rings. The second-order valence-electron chi connectivity index (χ2n) is 7.97. The van der Waals surface area contributed by atoms with E-state index in [1.165, 1.54) is 0 Å². The standard InChI is InChI=1S/C23H24N2O4/c1-23(11-5-12-25(23)20(26)17-6-3-2-4-7-17)22(29)24-13-10-16-8-9-18(21(27)28)14-19(16)15-24/h2-4,6-9,14H,5,10-13,15H2,1H3,(H,27,28). The van der Waals surface area contributed by atoms with E-state index in [0.717, 1.165) is 17.5 Å². The molecule has 0 aromatic heterocycles. The van der Waals surface area contributed by atoms with Crippen LogP contribution in [0.5, 0.6) is 0 Å². The van der Waals surface area contributed by atoms with Gasteiger partial charge in [0.05, 0.1) is 5.56 Å². The Balaban J connectivity index is 1.57. The first-order valence-electron chi connectivity index (χ1n) is 9.91. The summed E-state index contributed by atoms with van der Waals surface area (Å²) < 4.78 is 0. The van der Waals surface area contributed by atoms with Crippen molar-refractivity contribution in [3.05, 3.63) is 70.8 Å². The van der Waals surface area contributed by atoms with Gasteiger partial charge in [0.1, 0.15) is 5.54 Å². The minimum absolute atomic E-state index is 0.0642. The van der Waals surface area contributed by atoms with Gasteiger partial charge < -0.3 is 14.9 Å². The van der Waals surface area contributed by atoms with Gasteiger partial charge in [-0.3, -0.25) is 9.59 Å². The predicted octanol–water partition coefficient (Wildman–Crippen LogP) is 2.96. The number of carboxylic acid groups (broad SMARTS) is 1. The van der Waals surface area contributed by atoms with E-state index in [-0.39, 0.29) is 17.4 Å². The molecule has 1 saturated heterocycles. The molecule has 4 rings (SSSR count). The van der Waals surface area contributed by atoms with Crippen LogP contribution < -0.4 is 0 Å². The van der Waals surface area contributed by atoms with Gasteiger partial charge in [-0.1, -0.05) is 24.3 Å². The molecule has 6 heteroatoms. The largest absolute Gasteiger partial charge is 0.478 e. The number of hydrogen-bond donors (Lipinski definition) is 1. The molecular weight excluding hydrogens is 368 g/mol. The maximum absolute atomic E-state index is 13.5. The van der Waals surface area contributed by atoms with Crippen molar-refractivity contribution in [2.24, 2.45) is 0 Å². The summed E-state index contributed by atoms with van der Waals surface area (Å²) in [5, 5.41) is 9.25. The van der Waals surface area contributed by atoms with Crippen molar-refractivity contribution in [1.82, 2.24) is 9.80 Å². The molecule has 2 aliphatic heterocycles. The number of benzene rings is 2. The van der Waals surface area contributed by atoms with Crippen molar-refractivity contribution < 1.29 is 19.5 Å². The van der Waals surface area contributed by atoms with Gasteiger partial charge in [0.25, 0.3) is 5.91 Å². The molecule has 0 saturated carbocycles. The van der Waals surface area contributed by atoms with Gasteiger partial charge in [0, 0.05) is 25.2 Å². The van der Waals surface area contributed by atoms with Gasteiger partial charge in [-0.05, 0) is 61.6 Å². The zero-order valence-corrected chi connectivity index (χ0v) is 16.4. The van der Waals surface area contributed by atoms with E-state index < -0.39 is 11.5 Å². The van der Waals surface area contributed by atoms with Gasteiger partial charge in [0.15, 0.2) is 0 Å². The maximum atomic E-state index is 13.5. The Morgan fingerprint density at radius 2 is 1.72 bits per heavy atom. The summed E-state index contributed by atoms with van der Waals surface area (Å²) in [6.07, 6.45) is 2.10. The molecule has 2 aromatic carbocycles. The van der Waals surface area contributed by atoms with Crippen molar-refractivity contribution in [3.63, 3.8) is 0 Å². The van der Waals surface area contributed by atoms with Crippen LogP contribution in [0.3, 0.4) is 0 Å². The summed E-state index contributed by atoms with van der Waals surface area (Å²) >= 11 is 0. The number of carbonyl (C=O) groups excluding carboxylic acids is 2. The fourth-order valence-electron chi connectivity index (χ4n) is 4.45. The topological polar surface area (TPSA) is 77.9 Å². The minimum Gasteiger partial charge on any atom is -0.478 e. The molecule has 1 atom stereocenters. The molecule has 1 N–H and O–H groups in total. The van der Waals surface area contributed by atoms with Crippen LogP contribution in [-0.2, 0) is 17.8 Å². The Labute approximate surface area is 169 Å². The van der Waals surface area contributed by atoms with E-state index in [1.54, 1.807) is 34.1 Å². The van der Waals surface area contributed by atoms with Crippen LogP contribution in [0.1, 0.15) is 51.6 Å². The van der Waals surface area contributed by atoms with Crippen LogP contribution in [0, 0.1) is 0 Å². The summed E-state index contributed by atoms with van der Waals surface area (Å²) in [7, 11) is 0. The average Bonchev–Trinajstić information content (AvgIpc) is 3.15. The highest BCUT2D eigenvalue weighted by Crippen LogP contribution is 2.34. The van der Waals surface area contributed by atoms with E-state index in [1.807, 2.05) is 31.2 Å². The SMILES string of the molecule is CC1(C(=O)N2CCc3ccc(C(=O)O)cc3C2)CCCN1C(=O)c1ccccc1. The minimum atomic E-state index is -0.973. The van der Waals surface area contributed by atoms with Crippen LogP contribution in [0.25, 0.3) is 0 Å². The van der Waals surface area contributed by atoms with E-state index >= 15 is 0 Å². The number of aromatic carboxylic acids is 1. The summed E-state index contributed by atoms with van der Waals surface area (Å²) in [6.45, 7) is 3.36. The summed E-state index contributed by atoms with van der Waals surface area (Å²) in [6, 6.07) is 14.2. The second kappa shape index (κ2) is 7.35. The van der Waals surface area contributed by atoms with Gasteiger partial charge in [-0.25, -0.2) is 4.79 Å². The Hall–Kier alpha value is -3.15. The van der Waals surface area contributed by atoms with Crippen molar-refractivity contribution >= 4 is 17.8 Å². The third-order valence-corrected chi connectivity index (χ3v) is 6.12. The molecular formula is C23H24N2O4. The first-order valence-corrected chi connectivity index (χ1v) is 9.91. The zero-order chi connectivity index (χ0) is 20.6. The molecule has 2 aromatic rings. The van der Waals surface area contributed by atoms with Crippen molar-refractivity contribution in [3.8, 4) is 0 Å². The summed E-state index contributed by atoms with van der Waals surface area (Å²) in [5.41, 5.74) is 1.88. The molecule has 6 nitrogen and oxygen atoms in total. The molecule has 0 aliphatic carbocycles. The van der Waals surface area contributed by atoms with Crippen LogP contribution in [0.4, 0.5) is 0 Å². The fourth-order valence-corrected chi connectivity index (χ4v) is 4.45. The Morgan fingerprint density at radius 1 is 0.966 bits per heavy atom. The number of carboxylic acids is 1. The molecule has 0 spiro atoms. The van der Waals surface area contributed by atoms with Gasteiger partial charge in [0.2, 0.25) is 5.91 Å². The molecule has 150 valence electrons. The van der Waals surface area contributed by atoms with Crippen LogP contribution in [-0.4, -0.2) is 51.3 Å². The van der Waals surface area contributed by atoms with Crippen LogP contribution >= 0.6 is 0 Å². The maximum Gasteiger partial charge on any atom is 0.335 e. The Bertz CT molecular complexity index is 972. The van der Waals surface area contributed by atoms with Crippen molar-refractivity contribution in [2.45, 2.75) is 38.3 Å². The van der Waals surface area contributed by atoms with Crippen LogP contribution in [0.15, 0.2) is 48.5 Å². The van der Waals surface area contributed by atoms with E-state index in [0.29, 0.717) is 38.0 Å². The quantitative estimate of drug-likeness (QED) is 0.871. The number of fused-ring (bicyclic) bond motifs is 1. The predicted molar refractivity (Wildman–Crippen MR) is 108 cm³/mol. The number of nitrogens with zero attached hydrogens (tertiary/aromatic N) is 2. The number of likely N-dealkylation sites (tertiary alicyclic amines) is 1. The van der Waals surface area contributed by atoms with E-state index in [9.17, 15) is 19.5 Å². The first kappa shape index (κ1) is 19.2. The fraction of sp³-hybridized carbons (Fsp3) is 0.348. The Morgan fingerprint density at radius 3 is 2.45 bits per heavy atom. The third kappa shape index (κ3) is 3.39. The number of hydrogen-bond acceptors (Lipinski definition) is 3. The molecule has 0 bridgehead atoms. The van der Waals surface area contributed by atoms with Gasteiger partial charge in [-0.15, -0.1) is 0 Å². The van der Waals surface area contributed by atoms with Gasteiger partial charge in [-0.2, -0.15) is 0 Å². The van der Waals surface area contributed by atoms with Crippen molar-refractivity contribution in [1.29, 1.82) is 0 Å². The highest BCUT2D eigenvalue weighted by molar-refractivity contribution is 5.99. The summed E-state index contributed by atoms with van der Waals surface area (Å²) in [4.78, 5) is 41.3. The summed E-state index contributed by atoms with van der Waals surface area (Å²) in [5.74, 6) is -1.16. The lowest BCUT2D eigenvalue weighted by atomic mass is 9.92. The second-order valence-corrected chi connectivity index (χ2v) is 7.97. The lowest BCUT2D eigenvalue weighted by molar-refractivity contribution is -0.141. The van der Waals surface area contributed by atoms with Crippen LogP contribution in [0.2, 0.25) is 0 Å². The lowest BCUT2D eigenvalue weighted by Crippen LogP contribution is -2.57. The highest BCUT2D eigenvalue weighted by Gasteiger charge is 2.48. The monoisotopic (exact) mass is 392 g/mol. The zero-order valence-electron chi connectivity index (χ0n) is 16.4. The Kier molecular flexibility index (Phi) is 4.86. The molecule has 1 unspecified atom stereocenters. The third-order valence-electron chi connectivity index (χ3n) is 6.12. The number of carbonyl (C=O) groups is 3. The number of amides is 2. The highest BCUT2D eigenvalue weighted by atomic mass is 16.4. The normalized spacial score (nSPS) is 21.0. The van der Waals surface area contributed by atoms with Crippen molar-refractivity contribution in [2.75, 3.05) is 13.1 Å². The molecule has 29 heavy (non-hydrogen) atoms. The number of rotatable bonds is 3. The molecule has 2 amide bonds. The molecule has 1 fully saturated rings. The lowest BCUT2D eigenvalue weighted by Gasteiger charge is -2.40. The average molecular weight is 392 g/mol. The van der Waals surface area contributed by atoms with E-state index in [2.05, 4.69) is 0 Å². The van der Waals surface area contributed by atoms with Gasteiger partial charge >= 0.3 is 5.97 Å². The first-order chi connectivity index (χ1) is 13.9. The smallest absolute Gasteiger partial charge is 0.335 e. The van der Waals surface area contributed by atoms with E-state index in [4.69, 9.17) is 0 Å².